The van der Waals surface area contributed by atoms with Crippen LogP contribution in [0.5, 0.6) is 5.75 Å². The van der Waals surface area contributed by atoms with Crippen molar-refractivity contribution in [1.82, 2.24) is 0 Å². The predicted molar refractivity (Wildman–Crippen MR) is 156 cm³/mol. The van der Waals surface area contributed by atoms with Crippen molar-refractivity contribution >= 4 is 34.9 Å². The van der Waals surface area contributed by atoms with Gasteiger partial charge in [-0.3, -0.25) is 4.79 Å². The van der Waals surface area contributed by atoms with Crippen molar-refractivity contribution in [3.05, 3.63) is 53.1 Å². The molecule has 9 heteroatoms. The van der Waals surface area contributed by atoms with Crippen LogP contribution >= 0.6 is 11.6 Å². The Bertz CT molecular complexity index is 1190. The van der Waals surface area contributed by atoms with Crippen LogP contribution in [0.4, 0.5) is 11.4 Å². The van der Waals surface area contributed by atoms with E-state index < -0.39 is 10.8 Å². The average Bonchev–Trinajstić information content (AvgIpc) is 2.89. The van der Waals surface area contributed by atoms with E-state index in [0.717, 1.165) is 37.2 Å². The standard InChI is InChI=1S/C31H40ClN3O5/c1-6-39-26(36)20-38-17-9-7-8-16-34-22-11-13-23(14-12-22)35-28(37)27-30(2,3)29(31(27,4)5)40-24-15-10-21(19-33)25(32)18-24/h10-15,18,27,29,34H,6-9,16-17,20H2,1-5H3,(H,35,37). The van der Waals surface area contributed by atoms with Gasteiger partial charge in [-0.15, -0.1) is 0 Å². The fourth-order valence-electron chi connectivity index (χ4n) is 5.88. The van der Waals surface area contributed by atoms with Gasteiger partial charge in [0.05, 0.1) is 23.1 Å². The lowest BCUT2D eigenvalue weighted by atomic mass is 9.45. The monoisotopic (exact) mass is 569 g/mol. The third-order valence-corrected chi connectivity index (χ3v) is 7.70. The van der Waals surface area contributed by atoms with Crippen molar-refractivity contribution in [2.24, 2.45) is 16.7 Å². The Morgan fingerprint density at radius 1 is 1.00 bits per heavy atom. The molecule has 1 amide bonds. The number of benzene rings is 2. The fourth-order valence-corrected chi connectivity index (χ4v) is 6.09. The van der Waals surface area contributed by atoms with Crippen LogP contribution in [-0.4, -0.2) is 44.3 Å². The lowest BCUT2D eigenvalue weighted by Crippen LogP contribution is -2.69. The molecule has 0 saturated heterocycles. The number of anilines is 2. The molecule has 0 aromatic heterocycles. The number of carbonyl (C=O) groups excluding carboxylic acids is 2. The number of ether oxygens (including phenoxy) is 3. The van der Waals surface area contributed by atoms with E-state index in [1.54, 1.807) is 25.1 Å². The zero-order chi connectivity index (χ0) is 29.3. The molecule has 0 unspecified atom stereocenters. The number of nitrogens with zero attached hydrogens (tertiary/aromatic N) is 1. The van der Waals surface area contributed by atoms with Gasteiger partial charge in [-0.05, 0) is 62.6 Å². The minimum atomic E-state index is -0.417. The molecule has 1 saturated carbocycles. The minimum Gasteiger partial charge on any atom is -0.489 e. The van der Waals surface area contributed by atoms with E-state index in [1.807, 2.05) is 52.0 Å². The van der Waals surface area contributed by atoms with Gasteiger partial charge in [-0.2, -0.15) is 5.26 Å². The SMILES string of the molecule is CCOC(=O)COCCCCCNc1ccc(NC(=O)C2C(C)(C)C(Oc3ccc(C#N)c(Cl)c3)C2(C)C)cc1. The summed E-state index contributed by atoms with van der Waals surface area (Å²) >= 11 is 6.18. The first-order valence-electron chi connectivity index (χ1n) is 13.7. The molecule has 2 aromatic rings. The topological polar surface area (TPSA) is 110 Å². The van der Waals surface area contributed by atoms with E-state index in [9.17, 15) is 9.59 Å². The van der Waals surface area contributed by atoms with Crippen LogP contribution in [0.1, 0.15) is 59.4 Å². The second kappa shape index (κ2) is 13.9. The summed E-state index contributed by atoms with van der Waals surface area (Å²) in [6, 6.07) is 14.8. The molecule has 1 fully saturated rings. The highest BCUT2D eigenvalue weighted by Gasteiger charge is 2.66. The summed E-state index contributed by atoms with van der Waals surface area (Å²) in [6.07, 6.45) is 2.63. The van der Waals surface area contributed by atoms with Crippen molar-refractivity contribution in [3.8, 4) is 11.8 Å². The number of unbranched alkanes of at least 4 members (excludes halogenated alkanes) is 2. The van der Waals surface area contributed by atoms with Gasteiger partial charge in [0.2, 0.25) is 5.91 Å². The summed E-state index contributed by atoms with van der Waals surface area (Å²) in [5, 5.41) is 15.9. The third kappa shape index (κ3) is 7.67. The van der Waals surface area contributed by atoms with Crippen LogP contribution in [0.15, 0.2) is 42.5 Å². The highest BCUT2D eigenvalue weighted by Crippen LogP contribution is 2.60. The molecule has 0 bridgehead atoms. The average molecular weight is 570 g/mol. The Balaban J connectivity index is 1.44. The molecule has 216 valence electrons. The molecule has 40 heavy (non-hydrogen) atoms. The van der Waals surface area contributed by atoms with Crippen molar-refractivity contribution in [3.63, 3.8) is 0 Å². The zero-order valence-electron chi connectivity index (χ0n) is 24.0. The van der Waals surface area contributed by atoms with Crippen LogP contribution in [0.25, 0.3) is 0 Å². The second-order valence-electron chi connectivity index (χ2n) is 11.2. The van der Waals surface area contributed by atoms with Crippen LogP contribution < -0.4 is 15.4 Å². The summed E-state index contributed by atoms with van der Waals surface area (Å²) in [4.78, 5) is 24.6. The van der Waals surface area contributed by atoms with E-state index in [2.05, 4.69) is 16.7 Å². The first-order valence-corrected chi connectivity index (χ1v) is 14.1. The molecule has 0 heterocycles. The highest BCUT2D eigenvalue weighted by molar-refractivity contribution is 6.31. The summed E-state index contributed by atoms with van der Waals surface area (Å²) in [6.45, 7) is 11.7. The largest absolute Gasteiger partial charge is 0.489 e. The Morgan fingerprint density at radius 3 is 2.30 bits per heavy atom. The first kappa shape index (κ1) is 31.3. The van der Waals surface area contributed by atoms with Crippen molar-refractivity contribution in [2.75, 3.05) is 37.0 Å². The minimum absolute atomic E-state index is 0.00695. The second-order valence-corrected chi connectivity index (χ2v) is 11.6. The highest BCUT2D eigenvalue weighted by atomic mass is 35.5. The van der Waals surface area contributed by atoms with Crippen LogP contribution in [0.3, 0.4) is 0 Å². The first-order chi connectivity index (χ1) is 19.0. The van der Waals surface area contributed by atoms with Gasteiger partial charge >= 0.3 is 5.97 Å². The Morgan fingerprint density at radius 2 is 1.68 bits per heavy atom. The molecule has 0 aliphatic heterocycles. The normalized spacial score (nSPS) is 18.6. The fraction of sp³-hybridized carbons (Fsp3) is 0.516. The number of hydrogen-bond acceptors (Lipinski definition) is 7. The molecule has 0 atom stereocenters. The van der Waals surface area contributed by atoms with Gasteiger partial charge in [-0.1, -0.05) is 39.3 Å². The van der Waals surface area contributed by atoms with Gasteiger partial charge in [0.25, 0.3) is 0 Å². The van der Waals surface area contributed by atoms with E-state index in [4.69, 9.17) is 31.1 Å². The molecule has 8 nitrogen and oxygen atoms in total. The summed E-state index contributed by atoms with van der Waals surface area (Å²) in [5.74, 6) is -0.0523. The molecule has 1 aliphatic carbocycles. The molecule has 2 N–H and O–H groups in total. The molecule has 0 radical (unpaired) electrons. The quantitative estimate of drug-likeness (QED) is 0.199. The number of hydrogen-bond donors (Lipinski definition) is 2. The smallest absolute Gasteiger partial charge is 0.332 e. The molecular formula is C31H40ClN3O5. The number of esters is 1. The molecule has 2 aromatic carbocycles. The van der Waals surface area contributed by atoms with E-state index in [0.29, 0.717) is 29.5 Å². The van der Waals surface area contributed by atoms with Gasteiger partial charge in [0, 0.05) is 41.4 Å². The zero-order valence-corrected chi connectivity index (χ0v) is 24.8. The Labute approximate surface area is 242 Å². The van der Waals surface area contributed by atoms with Crippen LogP contribution in [0, 0.1) is 28.1 Å². The number of nitriles is 1. The van der Waals surface area contributed by atoms with Crippen molar-refractivity contribution in [2.45, 2.75) is 60.0 Å². The Kier molecular flexibility index (Phi) is 10.8. The number of halogens is 1. The maximum Gasteiger partial charge on any atom is 0.332 e. The summed E-state index contributed by atoms with van der Waals surface area (Å²) < 4.78 is 16.4. The molecule has 0 spiro atoms. The number of nitrogens with one attached hydrogen (secondary N) is 2. The third-order valence-electron chi connectivity index (χ3n) is 7.39. The van der Waals surface area contributed by atoms with Crippen molar-refractivity contribution < 1.29 is 23.8 Å². The number of carbonyl (C=O) groups is 2. The maximum absolute atomic E-state index is 13.4. The summed E-state index contributed by atoms with van der Waals surface area (Å²) in [7, 11) is 0. The van der Waals surface area contributed by atoms with E-state index >= 15 is 0 Å². The lowest BCUT2D eigenvalue weighted by Gasteiger charge is -2.62. The van der Waals surface area contributed by atoms with Crippen LogP contribution in [0.2, 0.25) is 5.02 Å². The van der Waals surface area contributed by atoms with Gasteiger partial charge in [0.15, 0.2) is 0 Å². The molecule has 1 aliphatic rings. The van der Waals surface area contributed by atoms with Gasteiger partial charge in [-0.25, -0.2) is 4.79 Å². The van der Waals surface area contributed by atoms with E-state index in [1.165, 1.54) is 0 Å². The summed E-state index contributed by atoms with van der Waals surface area (Å²) in [5.41, 5.74) is 1.28. The lowest BCUT2D eigenvalue weighted by molar-refractivity contribution is -0.198. The van der Waals surface area contributed by atoms with E-state index in [-0.39, 0.29) is 30.5 Å². The number of rotatable bonds is 14. The van der Waals surface area contributed by atoms with Gasteiger partial charge in [0.1, 0.15) is 24.5 Å². The predicted octanol–water partition coefficient (Wildman–Crippen LogP) is 6.44. The molecular weight excluding hydrogens is 530 g/mol. The maximum atomic E-state index is 13.4. The number of amides is 1. The van der Waals surface area contributed by atoms with Crippen LogP contribution in [-0.2, 0) is 19.1 Å². The van der Waals surface area contributed by atoms with Gasteiger partial charge < -0.3 is 24.8 Å². The van der Waals surface area contributed by atoms with Crippen molar-refractivity contribution in [1.29, 1.82) is 5.26 Å². The molecule has 3 rings (SSSR count). The Hall–Kier alpha value is -3.28.